The molecule has 6 aromatic carbocycles. The summed E-state index contributed by atoms with van der Waals surface area (Å²) in [6, 6.07) is 50.8. The van der Waals surface area contributed by atoms with E-state index in [9.17, 15) is 43.2 Å². The number of nitrogen functional groups attached to an aromatic ring is 3. The van der Waals surface area contributed by atoms with Gasteiger partial charge in [0.05, 0.1) is 40.2 Å². The van der Waals surface area contributed by atoms with Crippen LogP contribution in [0.5, 0.6) is 0 Å². The lowest BCUT2D eigenvalue weighted by Crippen LogP contribution is -2.25. The van der Waals surface area contributed by atoms with Gasteiger partial charge in [-0.3, -0.25) is 42.5 Å². The van der Waals surface area contributed by atoms with Crippen molar-refractivity contribution in [3.05, 3.63) is 284 Å². The monoisotopic (exact) mass is 1730 g/mol. The topological polar surface area (TPSA) is 451 Å². The average molecular weight is 1730 g/mol. The van der Waals surface area contributed by atoms with Crippen LogP contribution in [0.2, 0.25) is 0 Å². The number of amides is 6. The molecule has 0 aliphatic heterocycles. The predicted octanol–water partition coefficient (Wildman–Crippen LogP) is 9.09. The first-order valence-electron chi connectivity index (χ1n) is 39.9. The van der Waals surface area contributed by atoms with Gasteiger partial charge in [0.25, 0.3) is 17.7 Å². The molecule has 1 saturated carbocycles. The molecule has 129 heavy (non-hydrogen) atoms. The Kier molecular flexibility index (Phi) is 26.9. The number of benzene rings is 6. The lowest BCUT2D eigenvalue weighted by atomic mass is 10.2. The van der Waals surface area contributed by atoms with E-state index in [1.807, 2.05) is 45.9 Å². The highest BCUT2D eigenvalue weighted by Crippen LogP contribution is 2.31. The zero-order valence-corrected chi connectivity index (χ0v) is 70.8. The number of fused-ring (bicyclic) bond motifs is 3. The van der Waals surface area contributed by atoms with E-state index in [1.165, 1.54) is 68.2 Å². The summed E-state index contributed by atoms with van der Waals surface area (Å²) in [4.78, 5) is 160. The number of methoxy groups -OCH3 is 1. The molecule has 9 N–H and O–H groups in total. The van der Waals surface area contributed by atoms with Crippen LogP contribution in [0, 0.1) is 56.3 Å². The Hall–Kier alpha value is -17.4. The molecule has 1 fully saturated rings. The molecule has 1 aliphatic rings. The molecule has 0 bridgehead atoms. The fraction of sp³-hybridized carbons (Fsp3) is 0.161. The molecule has 0 unspecified atom stereocenters. The van der Waals surface area contributed by atoms with E-state index < -0.39 is 34.8 Å². The number of aromatic nitrogens is 15. The maximum atomic E-state index is 14.0. The van der Waals surface area contributed by atoms with E-state index in [-0.39, 0.29) is 78.0 Å². The second-order valence-electron chi connectivity index (χ2n) is 28.9. The first-order chi connectivity index (χ1) is 62.4. The minimum atomic E-state index is -0.468. The van der Waals surface area contributed by atoms with Crippen LogP contribution >= 0.6 is 0 Å². The molecule has 0 atom stereocenters. The number of hydrogen-bond acceptors (Lipinski definition) is 24. The quantitative estimate of drug-likeness (QED) is 0.0306. The second-order valence-corrected chi connectivity index (χ2v) is 28.9. The summed E-state index contributed by atoms with van der Waals surface area (Å²) >= 11 is 0. The highest BCUT2D eigenvalue weighted by molar-refractivity contribution is 6.08. The summed E-state index contributed by atoms with van der Waals surface area (Å²) in [5.41, 5.74) is 27.3. The SMILES string of the molecule is CCOCC#CC(=O)N(C)c1cccc(-n2c(=O)n(-c3ccc(C(=O)Nc4cc(C)ccn4)cc3)c3c(N)ncnc32)c1.COCC#CC(=O)N(C)c1cccc(-n2c(=O)n(-c3ccc(C(=O)Nc4cc(C)ccn4)cc3)c3c(N)ncnc32)c1.Cc1ccnc(NC(=O)c2ccc(-n3c(=O)n(-c4cccc(N(C)C(=O)C#CCOC5CC5)c4)c4ncnc(N)c43)cc2)c1. The molecule has 9 aromatic heterocycles. The number of carbonyl (C=O) groups excluding carboxylic acids is 6. The fourth-order valence-corrected chi connectivity index (χ4v) is 13.3. The van der Waals surface area contributed by atoms with Gasteiger partial charge < -0.3 is 62.1 Å². The number of aryl methyl sites for hydroxylation is 3. The van der Waals surface area contributed by atoms with Crippen LogP contribution in [-0.4, -0.2) is 168 Å². The highest BCUT2D eigenvalue weighted by Gasteiger charge is 2.27. The molecular formula is C93H82N24O12. The van der Waals surface area contributed by atoms with Gasteiger partial charge in [-0.15, -0.1) is 0 Å². The Morgan fingerprint density at radius 3 is 1.00 bits per heavy atom. The molecule has 16 rings (SSSR count). The van der Waals surface area contributed by atoms with Crippen molar-refractivity contribution in [3.63, 3.8) is 0 Å². The number of hydrogen-bond donors (Lipinski definition) is 6. The van der Waals surface area contributed by atoms with Crippen molar-refractivity contribution >= 4 is 121 Å². The van der Waals surface area contributed by atoms with Crippen molar-refractivity contribution in [2.75, 3.05) is 103 Å². The summed E-state index contributed by atoms with van der Waals surface area (Å²) in [6.45, 7) is 8.56. The van der Waals surface area contributed by atoms with Crippen LogP contribution in [0.15, 0.2) is 234 Å². The van der Waals surface area contributed by atoms with E-state index in [0.29, 0.717) is 108 Å². The third kappa shape index (κ3) is 20.0. The summed E-state index contributed by atoms with van der Waals surface area (Å²) < 4.78 is 23.9. The number of anilines is 9. The Bertz CT molecular complexity index is 7260. The third-order valence-corrected chi connectivity index (χ3v) is 20.0. The van der Waals surface area contributed by atoms with Crippen molar-refractivity contribution in [2.45, 2.75) is 46.6 Å². The Labute approximate surface area is 735 Å². The minimum Gasteiger partial charge on any atom is -0.382 e. The largest absolute Gasteiger partial charge is 0.382 e. The van der Waals surface area contributed by atoms with Crippen LogP contribution in [0.3, 0.4) is 0 Å². The molecule has 9 heterocycles. The van der Waals surface area contributed by atoms with Crippen molar-refractivity contribution < 1.29 is 43.0 Å². The van der Waals surface area contributed by atoms with Crippen LogP contribution in [0.25, 0.3) is 67.6 Å². The lowest BCUT2D eigenvalue weighted by molar-refractivity contribution is -0.113. The van der Waals surface area contributed by atoms with E-state index in [4.69, 9.17) is 31.4 Å². The van der Waals surface area contributed by atoms with Crippen molar-refractivity contribution in [1.82, 2.24) is 72.3 Å². The first kappa shape index (κ1) is 87.9. The third-order valence-electron chi connectivity index (χ3n) is 20.0. The first-order valence-corrected chi connectivity index (χ1v) is 39.9. The van der Waals surface area contributed by atoms with Crippen LogP contribution < -0.4 is 64.9 Å². The van der Waals surface area contributed by atoms with E-state index >= 15 is 0 Å². The molecule has 646 valence electrons. The smallest absolute Gasteiger partial charge is 0.339 e. The summed E-state index contributed by atoms with van der Waals surface area (Å²) in [5, 5.41) is 8.30. The van der Waals surface area contributed by atoms with E-state index in [0.717, 1.165) is 29.5 Å². The number of nitrogens with one attached hydrogen (secondary N) is 3. The van der Waals surface area contributed by atoms with Gasteiger partial charge >= 0.3 is 34.8 Å². The zero-order valence-electron chi connectivity index (χ0n) is 70.8. The second kappa shape index (κ2) is 39.4. The van der Waals surface area contributed by atoms with Crippen LogP contribution in [0.1, 0.15) is 67.5 Å². The molecule has 0 radical (unpaired) electrons. The number of pyridine rings is 3. The molecule has 0 spiro atoms. The Balaban J connectivity index is 0.000000156. The number of rotatable bonds is 20. The number of carbonyl (C=O) groups is 6. The maximum Gasteiger partial charge on any atom is 0.339 e. The van der Waals surface area contributed by atoms with Crippen molar-refractivity contribution in [1.29, 1.82) is 0 Å². The molecule has 15 aromatic rings. The number of nitrogens with two attached hydrogens (primary N) is 3. The fourth-order valence-electron chi connectivity index (χ4n) is 13.3. The molecular weight excluding hydrogens is 1650 g/mol. The molecule has 36 nitrogen and oxygen atoms in total. The van der Waals surface area contributed by atoms with Gasteiger partial charge in [-0.1, -0.05) is 36.0 Å². The van der Waals surface area contributed by atoms with Gasteiger partial charge in [0.15, 0.2) is 34.4 Å². The van der Waals surface area contributed by atoms with Gasteiger partial charge in [-0.2, -0.15) is 0 Å². The van der Waals surface area contributed by atoms with Gasteiger partial charge in [0.2, 0.25) is 0 Å². The standard InChI is InChI=1S/C32H28N8O4.C31H28N8O4.C30H26N8O4/c1-20-14-15-34-26(17-20)37-31(42)21-8-10-22(11-9-21)39-28-29(33)35-19-36-30(28)40(32(39)43)24-6-3-5-23(18-24)38(2)27(41)7-4-16-44-25-12-13-25;1-4-43-16-6-9-26(40)37(3)23-7-5-8-24(18-23)39-29-27(28(32)34-19-35-29)38(31(39)42)22-12-10-21(11-13-22)30(41)36-25-17-20(2)14-15-33-25;1-19-13-14-32-24(16-19)35-29(40)20-9-11-21(12-10-20)37-26-27(31)33-18-34-28(26)38(30(37)41)23-7-4-6-22(17-23)36(2)25(39)8-5-15-42-3/h3,5-6,8-11,14-15,17-19,25H,12-13,16H2,1-2H3,(H2,33,35,36)(H,34,37,42);5,7-8,10-15,17-19H,4,16H2,1-3H3,(H2,32,34,35)(H,33,36,41);4,6-7,9-14,16-18H,15H2,1-3H3,(H2,31,33,34)(H,32,35,40). The van der Waals surface area contributed by atoms with E-state index in [1.54, 1.807) is 204 Å². The highest BCUT2D eigenvalue weighted by atomic mass is 16.5. The molecule has 1 aliphatic carbocycles. The Morgan fingerprint density at radius 2 is 0.705 bits per heavy atom. The lowest BCUT2D eigenvalue weighted by Gasteiger charge is -2.15. The normalized spacial score (nSPS) is 11.3. The van der Waals surface area contributed by atoms with Crippen molar-refractivity contribution in [3.8, 4) is 69.6 Å². The average Bonchev–Trinajstić information content (AvgIpc) is 1.60. The molecule has 36 heteroatoms. The van der Waals surface area contributed by atoms with Crippen LogP contribution in [0.4, 0.5) is 52.0 Å². The minimum absolute atomic E-state index is 0.0973. The Morgan fingerprint density at radius 1 is 0.395 bits per heavy atom. The van der Waals surface area contributed by atoms with Gasteiger partial charge in [0, 0.05) is 87.2 Å². The number of ether oxygens (including phenoxy) is 3. The molecule has 6 amide bonds. The zero-order chi connectivity index (χ0) is 91.1. The number of nitrogens with zero attached hydrogens (tertiary/aromatic N) is 18. The van der Waals surface area contributed by atoms with Gasteiger partial charge in [-0.05, 0) is 239 Å². The van der Waals surface area contributed by atoms with E-state index in [2.05, 4.69) is 96.3 Å². The van der Waals surface area contributed by atoms with Gasteiger partial charge in [-0.25, -0.2) is 72.9 Å². The summed E-state index contributed by atoms with van der Waals surface area (Å²) in [5.74, 6) is 15.0. The van der Waals surface area contributed by atoms with Crippen LogP contribution in [-0.2, 0) is 28.6 Å². The van der Waals surface area contributed by atoms with Gasteiger partial charge in [0.1, 0.15) is 72.8 Å². The molecule has 0 saturated heterocycles. The summed E-state index contributed by atoms with van der Waals surface area (Å²) in [6.07, 6.45) is 11.0. The predicted molar refractivity (Wildman–Crippen MR) is 488 cm³/mol. The summed E-state index contributed by atoms with van der Waals surface area (Å²) in [7, 11) is 6.28. The maximum absolute atomic E-state index is 14.0. The van der Waals surface area contributed by atoms with Crippen molar-refractivity contribution in [2.24, 2.45) is 0 Å². The number of imidazole rings is 3.